The van der Waals surface area contributed by atoms with E-state index in [0.717, 1.165) is 31.1 Å². The van der Waals surface area contributed by atoms with Gasteiger partial charge in [-0.1, -0.05) is 18.2 Å². The highest BCUT2D eigenvalue weighted by atomic mass is 15.3. The first-order valence-corrected chi connectivity index (χ1v) is 6.22. The van der Waals surface area contributed by atoms with Gasteiger partial charge in [-0.3, -0.25) is 0 Å². The fraction of sp³-hybridized carbons (Fsp3) is 0.357. The van der Waals surface area contributed by atoms with Crippen LogP contribution in [-0.4, -0.2) is 22.9 Å². The van der Waals surface area contributed by atoms with Crippen LogP contribution in [0, 0.1) is 5.92 Å². The summed E-state index contributed by atoms with van der Waals surface area (Å²) in [4.78, 5) is 0. The summed E-state index contributed by atoms with van der Waals surface area (Å²) in [6, 6.07) is 12.5. The summed E-state index contributed by atoms with van der Waals surface area (Å²) in [7, 11) is 0. The Morgan fingerprint density at radius 1 is 1.24 bits per heavy atom. The SMILES string of the molecule is c1ccc(-n2nccc2CC2CCNC2)cc1. The second-order valence-electron chi connectivity index (χ2n) is 4.63. The zero-order chi connectivity index (χ0) is 11.5. The predicted molar refractivity (Wildman–Crippen MR) is 68.2 cm³/mol. The summed E-state index contributed by atoms with van der Waals surface area (Å²) < 4.78 is 2.05. The third-order valence-electron chi connectivity index (χ3n) is 3.38. The summed E-state index contributed by atoms with van der Waals surface area (Å²) in [5, 5.41) is 7.84. The Labute approximate surface area is 101 Å². The van der Waals surface area contributed by atoms with Crippen molar-refractivity contribution in [2.45, 2.75) is 12.8 Å². The van der Waals surface area contributed by atoms with Gasteiger partial charge in [0.15, 0.2) is 0 Å². The van der Waals surface area contributed by atoms with Crippen LogP contribution in [0.1, 0.15) is 12.1 Å². The van der Waals surface area contributed by atoms with Crippen molar-refractivity contribution >= 4 is 0 Å². The van der Waals surface area contributed by atoms with E-state index in [-0.39, 0.29) is 0 Å². The number of para-hydroxylation sites is 1. The lowest BCUT2D eigenvalue weighted by atomic mass is 10.0. The molecule has 1 aromatic carbocycles. The van der Waals surface area contributed by atoms with E-state index in [4.69, 9.17) is 0 Å². The van der Waals surface area contributed by atoms with Crippen LogP contribution in [0.5, 0.6) is 0 Å². The fourth-order valence-electron chi connectivity index (χ4n) is 2.47. The number of nitrogens with one attached hydrogen (secondary N) is 1. The lowest BCUT2D eigenvalue weighted by Crippen LogP contribution is -2.13. The Kier molecular flexibility index (Phi) is 2.92. The Hall–Kier alpha value is -1.61. The van der Waals surface area contributed by atoms with Crippen LogP contribution in [0.4, 0.5) is 0 Å². The highest BCUT2D eigenvalue weighted by Crippen LogP contribution is 2.17. The summed E-state index contributed by atoms with van der Waals surface area (Å²) in [6.07, 6.45) is 4.28. The molecular weight excluding hydrogens is 210 g/mol. The zero-order valence-corrected chi connectivity index (χ0v) is 9.84. The van der Waals surface area contributed by atoms with Gasteiger partial charge in [0, 0.05) is 11.9 Å². The van der Waals surface area contributed by atoms with Gasteiger partial charge in [-0.2, -0.15) is 5.10 Å². The molecule has 1 unspecified atom stereocenters. The van der Waals surface area contributed by atoms with Gasteiger partial charge >= 0.3 is 0 Å². The van der Waals surface area contributed by atoms with Crippen molar-refractivity contribution in [3.05, 3.63) is 48.3 Å². The first-order valence-electron chi connectivity index (χ1n) is 6.22. The average molecular weight is 227 g/mol. The molecule has 2 heterocycles. The fourth-order valence-corrected chi connectivity index (χ4v) is 2.47. The van der Waals surface area contributed by atoms with Gasteiger partial charge in [0.2, 0.25) is 0 Å². The van der Waals surface area contributed by atoms with Gasteiger partial charge in [-0.05, 0) is 50.0 Å². The molecule has 2 aromatic rings. The van der Waals surface area contributed by atoms with Crippen molar-refractivity contribution in [1.82, 2.24) is 15.1 Å². The molecule has 1 aliphatic rings. The van der Waals surface area contributed by atoms with Crippen LogP contribution in [0.25, 0.3) is 5.69 Å². The van der Waals surface area contributed by atoms with Crippen molar-refractivity contribution in [3.8, 4) is 5.69 Å². The van der Waals surface area contributed by atoms with Crippen molar-refractivity contribution in [2.24, 2.45) is 5.92 Å². The lowest BCUT2D eigenvalue weighted by molar-refractivity contribution is 0.560. The molecule has 0 bridgehead atoms. The number of hydrogen-bond acceptors (Lipinski definition) is 2. The van der Waals surface area contributed by atoms with E-state index in [1.54, 1.807) is 0 Å². The first-order chi connectivity index (χ1) is 8.43. The number of rotatable bonds is 3. The minimum atomic E-state index is 0.758. The van der Waals surface area contributed by atoms with Gasteiger partial charge < -0.3 is 5.32 Å². The van der Waals surface area contributed by atoms with E-state index < -0.39 is 0 Å². The maximum atomic E-state index is 4.42. The monoisotopic (exact) mass is 227 g/mol. The molecule has 0 spiro atoms. The molecule has 3 heteroatoms. The van der Waals surface area contributed by atoms with Gasteiger partial charge in [-0.15, -0.1) is 0 Å². The molecule has 1 fully saturated rings. The van der Waals surface area contributed by atoms with E-state index in [9.17, 15) is 0 Å². The molecule has 3 rings (SSSR count). The smallest absolute Gasteiger partial charge is 0.0648 e. The van der Waals surface area contributed by atoms with Crippen molar-refractivity contribution < 1.29 is 0 Å². The number of benzene rings is 1. The number of hydrogen-bond donors (Lipinski definition) is 1. The molecule has 17 heavy (non-hydrogen) atoms. The van der Waals surface area contributed by atoms with Crippen molar-refractivity contribution in [3.63, 3.8) is 0 Å². The predicted octanol–water partition coefficient (Wildman–Crippen LogP) is 2.02. The van der Waals surface area contributed by atoms with E-state index in [1.165, 1.54) is 12.1 Å². The molecule has 1 atom stereocenters. The normalized spacial score (nSPS) is 19.6. The summed E-state index contributed by atoms with van der Waals surface area (Å²) in [6.45, 7) is 2.30. The molecule has 0 aliphatic carbocycles. The number of nitrogens with zero attached hydrogens (tertiary/aromatic N) is 2. The van der Waals surface area contributed by atoms with Crippen LogP contribution in [0.2, 0.25) is 0 Å². The summed E-state index contributed by atoms with van der Waals surface area (Å²) >= 11 is 0. The van der Waals surface area contributed by atoms with E-state index >= 15 is 0 Å². The second-order valence-corrected chi connectivity index (χ2v) is 4.63. The van der Waals surface area contributed by atoms with E-state index in [2.05, 4.69) is 45.4 Å². The second kappa shape index (κ2) is 4.72. The number of aromatic nitrogens is 2. The molecule has 1 aromatic heterocycles. The molecule has 0 amide bonds. The molecule has 3 nitrogen and oxygen atoms in total. The highest BCUT2D eigenvalue weighted by molar-refractivity contribution is 5.32. The van der Waals surface area contributed by atoms with Crippen molar-refractivity contribution in [1.29, 1.82) is 0 Å². The molecule has 0 radical (unpaired) electrons. The first kappa shape index (κ1) is 10.5. The average Bonchev–Trinajstić information content (AvgIpc) is 3.02. The highest BCUT2D eigenvalue weighted by Gasteiger charge is 2.17. The molecule has 1 saturated heterocycles. The van der Waals surface area contributed by atoms with Crippen LogP contribution >= 0.6 is 0 Å². The van der Waals surface area contributed by atoms with Gasteiger partial charge in [0.25, 0.3) is 0 Å². The molecule has 88 valence electrons. The van der Waals surface area contributed by atoms with E-state index in [0.29, 0.717) is 0 Å². The minimum Gasteiger partial charge on any atom is -0.316 e. The Balaban J connectivity index is 1.84. The lowest BCUT2D eigenvalue weighted by Gasteiger charge is -2.11. The molecule has 1 aliphatic heterocycles. The maximum Gasteiger partial charge on any atom is 0.0648 e. The van der Waals surface area contributed by atoms with Gasteiger partial charge in [0.05, 0.1) is 5.69 Å². The third kappa shape index (κ3) is 2.24. The van der Waals surface area contributed by atoms with Crippen LogP contribution < -0.4 is 5.32 Å². The summed E-state index contributed by atoms with van der Waals surface area (Å²) in [5.74, 6) is 0.758. The third-order valence-corrected chi connectivity index (χ3v) is 3.38. The molecular formula is C14H17N3. The Morgan fingerprint density at radius 2 is 2.12 bits per heavy atom. The topological polar surface area (TPSA) is 29.9 Å². The summed E-state index contributed by atoms with van der Waals surface area (Å²) in [5.41, 5.74) is 2.46. The van der Waals surface area contributed by atoms with E-state index in [1.807, 2.05) is 12.3 Å². The maximum absolute atomic E-state index is 4.42. The van der Waals surface area contributed by atoms with Crippen LogP contribution in [-0.2, 0) is 6.42 Å². The molecule has 0 saturated carbocycles. The van der Waals surface area contributed by atoms with Crippen LogP contribution in [0.3, 0.4) is 0 Å². The van der Waals surface area contributed by atoms with Crippen LogP contribution in [0.15, 0.2) is 42.6 Å². The quantitative estimate of drug-likeness (QED) is 0.869. The van der Waals surface area contributed by atoms with Crippen molar-refractivity contribution in [2.75, 3.05) is 13.1 Å². The largest absolute Gasteiger partial charge is 0.316 e. The van der Waals surface area contributed by atoms with Gasteiger partial charge in [-0.25, -0.2) is 4.68 Å². The Bertz CT molecular complexity index is 469. The van der Waals surface area contributed by atoms with Gasteiger partial charge in [0.1, 0.15) is 0 Å². The minimum absolute atomic E-state index is 0.758. The zero-order valence-electron chi connectivity index (χ0n) is 9.84. The Morgan fingerprint density at radius 3 is 2.88 bits per heavy atom. The standard InChI is InChI=1S/C14H17N3/c1-2-4-13(5-3-1)17-14(7-9-16-17)10-12-6-8-15-11-12/h1-5,7,9,12,15H,6,8,10-11H2. The molecule has 1 N–H and O–H groups in total.